The summed E-state index contributed by atoms with van der Waals surface area (Å²) >= 11 is 0. The zero-order chi connectivity index (χ0) is 11.2. The molecule has 0 amide bonds. The van der Waals surface area contributed by atoms with Gasteiger partial charge in [-0.2, -0.15) is 0 Å². The Morgan fingerprint density at radius 1 is 1.06 bits per heavy atom. The minimum atomic E-state index is 0.491. The summed E-state index contributed by atoms with van der Waals surface area (Å²) < 4.78 is 0. The monoisotopic (exact) mass is 222 g/mol. The molecule has 0 aromatic rings. The molecule has 2 saturated carbocycles. The molecule has 0 radical (unpaired) electrons. The second-order valence-corrected chi connectivity index (χ2v) is 6.70. The molecule has 16 heavy (non-hydrogen) atoms. The van der Waals surface area contributed by atoms with Crippen LogP contribution in [0.15, 0.2) is 0 Å². The Morgan fingerprint density at radius 3 is 2.31 bits per heavy atom. The molecule has 1 N–H and O–H groups in total. The lowest BCUT2D eigenvalue weighted by Gasteiger charge is -2.56. The number of hydrogen-bond acceptors (Lipinski definition) is 2. The van der Waals surface area contributed by atoms with E-state index in [9.17, 15) is 0 Å². The van der Waals surface area contributed by atoms with E-state index in [2.05, 4.69) is 24.1 Å². The molecule has 2 nitrogen and oxygen atoms in total. The van der Waals surface area contributed by atoms with Crippen LogP contribution in [-0.2, 0) is 0 Å². The molecule has 2 heteroatoms. The highest BCUT2D eigenvalue weighted by Crippen LogP contribution is 2.42. The van der Waals surface area contributed by atoms with Crippen molar-refractivity contribution in [2.75, 3.05) is 13.1 Å². The summed E-state index contributed by atoms with van der Waals surface area (Å²) in [6.45, 7) is 7.40. The minimum Gasteiger partial charge on any atom is -0.308 e. The van der Waals surface area contributed by atoms with E-state index in [0.717, 1.165) is 6.04 Å². The molecular weight excluding hydrogens is 196 g/mol. The first-order valence-electron chi connectivity index (χ1n) is 7.15. The van der Waals surface area contributed by atoms with Crippen molar-refractivity contribution in [2.45, 2.75) is 75.9 Å². The van der Waals surface area contributed by atoms with Crippen LogP contribution in [0.4, 0.5) is 0 Å². The van der Waals surface area contributed by atoms with E-state index >= 15 is 0 Å². The highest BCUT2D eigenvalue weighted by atomic mass is 15.3. The summed E-state index contributed by atoms with van der Waals surface area (Å²) in [6.07, 6.45) is 9.98. The molecular formula is C14H26N2. The van der Waals surface area contributed by atoms with Gasteiger partial charge in [-0.05, 0) is 46.0 Å². The van der Waals surface area contributed by atoms with Crippen LogP contribution in [0.5, 0.6) is 0 Å². The van der Waals surface area contributed by atoms with E-state index in [0.29, 0.717) is 11.1 Å². The normalized spacial score (nSPS) is 37.5. The van der Waals surface area contributed by atoms with Gasteiger partial charge >= 0.3 is 0 Å². The molecule has 0 bridgehead atoms. The lowest BCUT2D eigenvalue weighted by Crippen LogP contribution is -2.68. The van der Waals surface area contributed by atoms with Gasteiger partial charge in [0.05, 0.1) is 0 Å². The van der Waals surface area contributed by atoms with Crippen LogP contribution in [0, 0.1) is 0 Å². The van der Waals surface area contributed by atoms with E-state index in [1.165, 1.54) is 58.0 Å². The van der Waals surface area contributed by atoms with Crippen molar-refractivity contribution in [3.8, 4) is 0 Å². The Kier molecular flexibility index (Phi) is 2.56. The van der Waals surface area contributed by atoms with Gasteiger partial charge in [0.2, 0.25) is 0 Å². The minimum absolute atomic E-state index is 0.491. The maximum Gasteiger partial charge on any atom is 0.0309 e. The average Bonchev–Trinajstić information content (AvgIpc) is 2.68. The Bertz CT molecular complexity index is 264. The lowest BCUT2D eigenvalue weighted by atomic mass is 9.74. The number of piperazine rings is 1. The van der Waals surface area contributed by atoms with E-state index in [1.807, 2.05) is 0 Å². The van der Waals surface area contributed by atoms with Crippen LogP contribution >= 0.6 is 0 Å². The van der Waals surface area contributed by atoms with Gasteiger partial charge in [-0.25, -0.2) is 0 Å². The predicted octanol–water partition coefficient (Wildman–Crippen LogP) is 2.54. The van der Waals surface area contributed by atoms with Gasteiger partial charge in [0.15, 0.2) is 0 Å². The Hall–Kier alpha value is -0.0800. The van der Waals surface area contributed by atoms with Gasteiger partial charge in [-0.3, -0.25) is 4.90 Å². The highest BCUT2D eigenvalue weighted by molar-refractivity contribution is 5.06. The second kappa shape index (κ2) is 3.71. The zero-order valence-corrected chi connectivity index (χ0v) is 10.9. The summed E-state index contributed by atoms with van der Waals surface area (Å²) in [5, 5.41) is 3.85. The molecule has 3 rings (SSSR count). The molecule has 1 saturated heterocycles. The summed E-state index contributed by atoms with van der Waals surface area (Å²) in [4.78, 5) is 2.83. The SMILES string of the molecule is CC1CNC2(CCCC2)CN1C1(C)CCC1. The fourth-order valence-corrected chi connectivity index (χ4v) is 4.10. The summed E-state index contributed by atoms with van der Waals surface area (Å²) in [5.41, 5.74) is 1.03. The fraction of sp³-hybridized carbons (Fsp3) is 1.00. The molecule has 1 spiro atoms. The molecule has 1 atom stereocenters. The van der Waals surface area contributed by atoms with Crippen LogP contribution in [-0.4, -0.2) is 35.1 Å². The topological polar surface area (TPSA) is 15.3 Å². The number of rotatable bonds is 1. The molecule has 3 aliphatic rings. The number of nitrogens with zero attached hydrogens (tertiary/aromatic N) is 1. The molecule has 2 aliphatic carbocycles. The van der Waals surface area contributed by atoms with Crippen molar-refractivity contribution in [2.24, 2.45) is 0 Å². The first-order chi connectivity index (χ1) is 7.64. The molecule has 0 aromatic carbocycles. The Labute approximate surface area is 99.8 Å². The predicted molar refractivity (Wildman–Crippen MR) is 67.6 cm³/mol. The molecule has 92 valence electrons. The first kappa shape index (κ1) is 11.0. The maximum absolute atomic E-state index is 3.85. The van der Waals surface area contributed by atoms with Gasteiger partial charge in [0.25, 0.3) is 0 Å². The summed E-state index contributed by atoms with van der Waals surface area (Å²) in [7, 11) is 0. The fourth-order valence-electron chi connectivity index (χ4n) is 4.10. The highest BCUT2D eigenvalue weighted by Gasteiger charge is 2.47. The third-order valence-electron chi connectivity index (χ3n) is 5.46. The van der Waals surface area contributed by atoms with Crippen LogP contribution in [0.1, 0.15) is 58.8 Å². The lowest BCUT2D eigenvalue weighted by molar-refractivity contribution is -0.0425. The third-order valence-corrected chi connectivity index (χ3v) is 5.46. The van der Waals surface area contributed by atoms with Gasteiger partial charge in [0.1, 0.15) is 0 Å². The summed E-state index contributed by atoms with van der Waals surface area (Å²) in [6, 6.07) is 0.733. The van der Waals surface area contributed by atoms with Crippen molar-refractivity contribution < 1.29 is 0 Å². The van der Waals surface area contributed by atoms with Crippen molar-refractivity contribution in [3.63, 3.8) is 0 Å². The van der Waals surface area contributed by atoms with Crippen molar-refractivity contribution in [1.29, 1.82) is 0 Å². The summed E-state index contributed by atoms with van der Waals surface area (Å²) in [5.74, 6) is 0. The average molecular weight is 222 g/mol. The van der Waals surface area contributed by atoms with E-state index < -0.39 is 0 Å². The van der Waals surface area contributed by atoms with E-state index in [1.54, 1.807) is 0 Å². The van der Waals surface area contributed by atoms with Gasteiger partial charge in [-0.15, -0.1) is 0 Å². The van der Waals surface area contributed by atoms with E-state index in [-0.39, 0.29) is 0 Å². The molecule has 3 fully saturated rings. The van der Waals surface area contributed by atoms with Crippen LogP contribution in [0.25, 0.3) is 0 Å². The van der Waals surface area contributed by atoms with Gasteiger partial charge < -0.3 is 5.32 Å². The number of nitrogens with one attached hydrogen (secondary N) is 1. The smallest absolute Gasteiger partial charge is 0.0309 e. The number of hydrogen-bond donors (Lipinski definition) is 1. The van der Waals surface area contributed by atoms with Gasteiger partial charge in [-0.1, -0.05) is 12.8 Å². The molecule has 1 aliphatic heterocycles. The Balaban J connectivity index is 1.76. The van der Waals surface area contributed by atoms with Crippen molar-refractivity contribution in [1.82, 2.24) is 10.2 Å². The quantitative estimate of drug-likeness (QED) is 0.733. The van der Waals surface area contributed by atoms with Crippen LogP contribution < -0.4 is 5.32 Å². The molecule has 0 aromatic heterocycles. The largest absolute Gasteiger partial charge is 0.308 e. The molecule has 1 unspecified atom stereocenters. The second-order valence-electron chi connectivity index (χ2n) is 6.70. The zero-order valence-electron chi connectivity index (χ0n) is 10.9. The Morgan fingerprint density at radius 2 is 1.75 bits per heavy atom. The van der Waals surface area contributed by atoms with Crippen molar-refractivity contribution in [3.05, 3.63) is 0 Å². The van der Waals surface area contributed by atoms with Crippen LogP contribution in [0.2, 0.25) is 0 Å². The van der Waals surface area contributed by atoms with Crippen LogP contribution in [0.3, 0.4) is 0 Å². The van der Waals surface area contributed by atoms with Crippen molar-refractivity contribution >= 4 is 0 Å². The third kappa shape index (κ3) is 1.62. The maximum atomic E-state index is 3.85. The standard InChI is InChI=1S/C14H26N2/c1-12-10-15-14(8-3-4-9-14)11-16(12)13(2)6-5-7-13/h12,15H,3-11H2,1-2H3. The first-order valence-corrected chi connectivity index (χ1v) is 7.15. The van der Waals surface area contributed by atoms with Gasteiger partial charge in [0, 0.05) is 30.2 Å². The van der Waals surface area contributed by atoms with E-state index in [4.69, 9.17) is 0 Å². The molecule has 1 heterocycles.